The van der Waals surface area contributed by atoms with Gasteiger partial charge < -0.3 is 13.9 Å². The minimum absolute atomic E-state index is 0.130. The summed E-state index contributed by atoms with van der Waals surface area (Å²) in [6.45, 7) is 11.4. The molecule has 0 aliphatic rings. The highest BCUT2D eigenvalue weighted by Gasteiger charge is 2.37. The van der Waals surface area contributed by atoms with Gasteiger partial charge in [0.1, 0.15) is 5.75 Å². The fourth-order valence-corrected chi connectivity index (χ4v) is 2.53. The van der Waals surface area contributed by atoms with Gasteiger partial charge in [0.05, 0.1) is 26.4 Å². The third-order valence-electron chi connectivity index (χ3n) is 4.12. The Hall–Kier alpha value is -1.33. The summed E-state index contributed by atoms with van der Waals surface area (Å²) in [6, 6.07) is 5.38. The van der Waals surface area contributed by atoms with E-state index in [1.807, 2.05) is 12.1 Å². The molecule has 1 aromatic carbocycles. The molecule has 0 atom stereocenters. The van der Waals surface area contributed by atoms with Gasteiger partial charge in [-0.05, 0) is 35.8 Å². The van der Waals surface area contributed by atoms with Crippen LogP contribution in [0.25, 0.3) is 0 Å². The van der Waals surface area contributed by atoms with Crippen LogP contribution < -0.4 is 4.74 Å². The second-order valence-electron chi connectivity index (χ2n) is 6.56. The van der Waals surface area contributed by atoms with E-state index in [0.29, 0.717) is 17.9 Å². The molecule has 0 radical (unpaired) electrons. The largest absolute Gasteiger partial charge is 0.497 e. The standard InChI is InChI=1S/C16H26O4Si/c1-16(2,3)21(6,7)20-11-12-8-9-13(18-4)10-14(12)15(17)19-5/h8-10H,11H2,1-7H3. The summed E-state index contributed by atoms with van der Waals surface area (Å²) < 4.78 is 16.2. The second kappa shape index (κ2) is 6.62. The van der Waals surface area contributed by atoms with Gasteiger partial charge in [-0.3, -0.25) is 0 Å². The van der Waals surface area contributed by atoms with E-state index in [1.54, 1.807) is 13.2 Å². The number of carbonyl (C=O) groups is 1. The fourth-order valence-electron chi connectivity index (χ4n) is 1.58. The predicted octanol–water partition coefficient (Wildman–Crippen LogP) is 4.00. The fraction of sp³-hybridized carbons (Fsp3) is 0.562. The van der Waals surface area contributed by atoms with Gasteiger partial charge >= 0.3 is 5.97 Å². The van der Waals surface area contributed by atoms with Crippen molar-refractivity contribution in [1.29, 1.82) is 0 Å². The van der Waals surface area contributed by atoms with Gasteiger partial charge in [0.25, 0.3) is 0 Å². The van der Waals surface area contributed by atoms with E-state index in [2.05, 4.69) is 33.9 Å². The van der Waals surface area contributed by atoms with Gasteiger partial charge in [-0.25, -0.2) is 4.79 Å². The molecule has 0 aromatic heterocycles. The first-order chi connectivity index (χ1) is 9.62. The van der Waals surface area contributed by atoms with Gasteiger partial charge in [-0.15, -0.1) is 0 Å². The molecule has 0 saturated heterocycles. The van der Waals surface area contributed by atoms with Crippen molar-refractivity contribution in [1.82, 2.24) is 0 Å². The molecule has 1 aromatic rings. The Kier molecular flexibility index (Phi) is 5.59. The quantitative estimate of drug-likeness (QED) is 0.609. The lowest BCUT2D eigenvalue weighted by molar-refractivity contribution is 0.0597. The molecule has 1 rings (SSSR count). The number of ether oxygens (including phenoxy) is 2. The van der Waals surface area contributed by atoms with Crippen molar-refractivity contribution in [3.05, 3.63) is 29.3 Å². The molecule has 0 aliphatic carbocycles. The van der Waals surface area contributed by atoms with E-state index in [4.69, 9.17) is 13.9 Å². The first kappa shape index (κ1) is 17.7. The van der Waals surface area contributed by atoms with Gasteiger partial charge in [0.2, 0.25) is 0 Å². The van der Waals surface area contributed by atoms with Crippen molar-refractivity contribution >= 4 is 14.3 Å². The lowest BCUT2D eigenvalue weighted by Crippen LogP contribution is -2.40. The number of hydrogen-bond acceptors (Lipinski definition) is 4. The minimum atomic E-state index is -1.86. The molecule has 0 N–H and O–H groups in total. The highest BCUT2D eigenvalue weighted by Crippen LogP contribution is 2.37. The van der Waals surface area contributed by atoms with Crippen LogP contribution in [0.3, 0.4) is 0 Å². The molecular formula is C16H26O4Si. The predicted molar refractivity (Wildman–Crippen MR) is 86.3 cm³/mol. The maximum atomic E-state index is 11.9. The number of rotatable bonds is 5. The van der Waals surface area contributed by atoms with Crippen molar-refractivity contribution < 1.29 is 18.7 Å². The average Bonchev–Trinajstić information content (AvgIpc) is 2.42. The van der Waals surface area contributed by atoms with Crippen LogP contribution in [0.4, 0.5) is 0 Å². The van der Waals surface area contributed by atoms with Crippen LogP contribution in [0.2, 0.25) is 18.1 Å². The Morgan fingerprint density at radius 3 is 2.29 bits per heavy atom. The minimum Gasteiger partial charge on any atom is -0.497 e. The SMILES string of the molecule is COC(=O)c1cc(OC)ccc1CO[Si](C)(C)C(C)(C)C. The summed E-state index contributed by atoms with van der Waals surface area (Å²) in [7, 11) is 1.09. The topological polar surface area (TPSA) is 44.8 Å². The van der Waals surface area contributed by atoms with Gasteiger partial charge in [0, 0.05) is 0 Å². The molecule has 0 fully saturated rings. The molecule has 0 heterocycles. The molecule has 0 amide bonds. The summed E-state index contributed by atoms with van der Waals surface area (Å²) in [6.07, 6.45) is 0. The van der Waals surface area contributed by atoms with Crippen LogP contribution in [0.5, 0.6) is 5.75 Å². The second-order valence-corrected chi connectivity index (χ2v) is 11.4. The van der Waals surface area contributed by atoms with E-state index in [0.717, 1.165) is 5.56 Å². The zero-order chi connectivity index (χ0) is 16.3. The number of hydrogen-bond donors (Lipinski definition) is 0. The summed E-state index contributed by atoms with van der Waals surface area (Å²) in [5.74, 6) is 0.259. The van der Waals surface area contributed by atoms with Gasteiger partial charge in [0.15, 0.2) is 8.32 Å². The molecule has 0 bridgehead atoms. The van der Waals surface area contributed by atoms with Crippen molar-refractivity contribution in [3.8, 4) is 5.75 Å². The smallest absolute Gasteiger partial charge is 0.338 e. The molecule has 118 valence electrons. The highest BCUT2D eigenvalue weighted by atomic mass is 28.4. The van der Waals surface area contributed by atoms with Crippen LogP contribution >= 0.6 is 0 Å². The molecule has 21 heavy (non-hydrogen) atoms. The average molecular weight is 310 g/mol. The van der Waals surface area contributed by atoms with E-state index >= 15 is 0 Å². The number of methoxy groups -OCH3 is 2. The lowest BCUT2D eigenvalue weighted by atomic mass is 10.1. The molecule has 5 heteroatoms. The van der Waals surface area contributed by atoms with E-state index in [-0.39, 0.29) is 11.0 Å². The first-order valence-corrected chi connectivity index (χ1v) is 9.92. The zero-order valence-electron chi connectivity index (χ0n) is 14.1. The zero-order valence-corrected chi connectivity index (χ0v) is 15.1. The van der Waals surface area contributed by atoms with Crippen LogP contribution in [0.1, 0.15) is 36.7 Å². The lowest BCUT2D eigenvalue weighted by Gasteiger charge is -2.36. The Morgan fingerprint density at radius 1 is 1.19 bits per heavy atom. The monoisotopic (exact) mass is 310 g/mol. The highest BCUT2D eigenvalue weighted by molar-refractivity contribution is 6.74. The third kappa shape index (κ3) is 4.31. The molecule has 4 nitrogen and oxygen atoms in total. The summed E-state index contributed by atoms with van der Waals surface area (Å²) in [5, 5.41) is 0.130. The Morgan fingerprint density at radius 2 is 1.81 bits per heavy atom. The van der Waals surface area contributed by atoms with Crippen molar-refractivity contribution in [2.45, 2.75) is 45.5 Å². The summed E-state index contributed by atoms with van der Waals surface area (Å²) in [5.41, 5.74) is 1.32. The van der Waals surface area contributed by atoms with Crippen LogP contribution in [0.15, 0.2) is 18.2 Å². The first-order valence-electron chi connectivity index (χ1n) is 7.01. The van der Waals surface area contributed by atoms with E-state index in [9.17, 15) is 4.79 Å². The van der Waals surface area contributed by atoms with Crippen LogP contribution in [0, 0.1) is 0 Å². The van der Waals surface area contributed by atoms with Gasteiger partial charge in [-0.1, -0.05) is 26.8 Å². The van der Waals surface area contributed by atoms with Crippen molar-refractivity contribution in [2.24, 2.45) is 0 Å². The Balaban J connectivity index is 3.01. The number of esters is 1. The van der Waals surface area contributed by atoms with Crippen molar-refractivity contribution in [2.75, 3.05) is 14.2 Å². The van der Waals surface area contributed by atoms with Gasteiger partial charge in [-0.2, -0.15) is 0 Å². The number of carbonyl (C=O) groups excluding carboxylic acids is 1. The Labute approximate surface area is 128 Å². The van der Waals surface area contributed by atoms with E-state index < -0.39 is 8.32 Å². The molecule has 0 saturated carbocycles. The van der Waals surface area contributed by atoms with Crippen LogP contribution in [-0.2, 0) is 15.8 Å². The molecular weight excluding hydrogens is 284 g/mol. The Bertz CT molecular complexity index is 503. The molecule has 0 spiro atoms. The number of benzene rings is 1. The third-order valence-corrected chi connectivity index (χ3v) is 8.60. The summed E-state index contributed by atoms with van der Waals surface area (Å²) in [4.78, 5) is 11.9. The maximum Gasteiger partial charge on any atom is 0.338 e. The van der Waals surface area contributed by atoms with Crippen molar-refractivity contribution in [3.63, 3.8) is 0 Å². The molecule has 0 aliphatic heterocycles. The molecule has 0 unspecified atom stereocenters. The van der Waals surface area contributed by atoms with Crippen LogP contribution in [-0.4, -0.2) is 28.5 Å². The normalized spacial score (nSPS) is 12.1. The maximum absolute atomic E-state index is 11.9. The van der Waals surface area contributed by atoms with E-state index in [1.165, 1.54) is 7.11 Å². The summed E-state index contributed by atoms with van der Waals surface area (Å²) >= 11 is 0.